The Labute approximate surface area is 111 Å². The number of nitrogens with one attached hydrogen (secondary N) is 2. The Morgan fingerprint density at radius 3 is 3.11 bits per heavy atom. The maximum Gasteiger partial charge on any atom is 0.251 e. The average molecular weight is 264 g/mol. The number of thioether (sulfide) groups is 1. The lowest BCUT2D eigenvalue weighted by Gasteiger charge is -2.09. The van der Waals surface area contributed by atoms with Gasteiger partial charge < -0.3 is 10.6 Å². The molecule has 5 heteroatoms. The fourth-order valence-electron chi connectivity index (χ4n) is 1.70. The molecule has 0 saturated carbocycles. The van der Waals surface area contributed by atoms with E-state index in [-0.39, 0.29) is 11.8 Å². The predicted molar refractivity (Wildman–Crippen MR) is 73.0 cm³/mol. The van der Waals surface area contributed by atoms with Crippen molar-refractivity contribution in [2.24, 2.45) is 0 Å². The van der Waals surface area contributed by atoms with Crippen LogP contribution in [0.4, 0.5) is 5.69 Å². The molecule has 2 amide bonds. The number of carbonyl (C=O) groups excluding carboxylic acids is 2. The number of amides is 2. The topological polar surface area (TPSA) is 58.2 Å². The van der Waals surface area contributed by atoms with Gasteiger partial charge in [0.2, 0.25) is 5.91 Å². The minimum Gasteiger partial charge on any atom is -0.352 e. The molecule has 0 unspecified atom stereocenters. The highest BCUT2D eigenvalue weighted by atomic mass is 32.2. The first kappa shape index (κ1) is 13.0. The van der Waals surface area contributed by atoms with E-state index in [4.69, 9.17) is 0 Å². The molecule has 0 saturated heterocycles. The fourth-order valence-corrected chi connectivity index (χ4v) is 2.64. The Balaban J connectivity index is 2.20. The fraction of sp³-hybridized carbons (Fsp3) is 0.385. The second kappa shape index (κ2) is 5.91. The lowest BCUT2D eigenvalue weighted by Crippen LogP contribution is -2.24. The number of rotatable bonds is 3. The van der Waals surface area contributed by atoms with Crippen molar-refractivity contribution in [2.75, 3.05) is 17.6 Å². The van der Waals surface area contributed by atoms with Crippen LogP contribution in [0.5, 0.6) is 0 Å². The second-order valence-electron chi connectivity index (χ2n) is 4.11. The van der Waals surface area contributed by atoms with Crippen molar-refractivity contribution in [3.05, 3.63) is 23.8 Å². The van der Waals surface area contributed by atoms with Crippen molar-refractivity contribution in [3.8, 4) is 0 Å². The Morgan fingerprint density at radius 2 is 2.33 bits per heavy atom. The zero-order valence-electron chi connectivity index (χ0n) is 10.3. The molecule has 2 rings (SSSR count). The van der Waals surface area contributed by atoms with E-state index in [9.17, 15) is 9.59 Å². The number of benzene rings is 1. The van der Waals surface area contributed by atoms with E-state index in [1.54, 1.807) is 23.9 Å². The van der Waals surface area contributed by atoms with Crippen LogP contribution < -0.4 is 10.6 Å². The first-order chi connectivity index (χ1) is 8.70. The van der Waals surface area contributed by atoms with E-state index < -0.39 is 0 Å². The summed E-state index contributed by atoms with van der Waals surface area (Å²) in [4.78, 5) is 24.3. The molecule has 0 bridgehead atoms. The normalized spacial score (nSPS) is 14.4. The van der Waals surface area contributed by atoms with Gasteiger partial charge in [0.05, 0.1) is 5.69 Å². The quantitative estimate of drug-likeness (QED) is 0.880. The molecule has 1 aliphatic rings. The van der Waals surface area contributed by atoms with Crippen LogP contribution in [0.2, 0.25) is 0 Å². The smallest absolute Gasteiger partial charge is 0.251 e. The molecular weight excluding hydrogens is 248 g/mol. The maximum absolute atomic E-state index is 11.8. The van der Waals surface area contributed by atoms with Gasteiger partial charge in [-0.2, -0.15) is 0 Å². The zero-order valence-corrected chi connectivity index (χ0v) is 11.1. The molecule has 2 N–H and O–H groups in total. The van der Waals surface area contributed by atoms with E-state index in [0.717, 1.165) is 22.8 Å². The largest absolute Gasteiger partial charge is 0.352 e. The summed E-state index contributed by atoms with van der Waals surface area (Å²) in [5.74, 6) is 0.690. The second-order valence-corrected chi connectivity index (χ2v) is 5.25. The van der Waals surface area contributed by atoms with Crippen LogP contribution in [0.25, 0.3) is 0 Å². The molecule has 0 aliphatic carbocycles. The maximum atomic E-state index is 11.8. The summed E-state index contributed by atoms with van der Waals surface area (Å²) in [7, 11) is 0. The first-order valence-corrected chi connectivity index (χ1v) is 7.04. The minimum absolute atomic E-state index is 0.00682. The molecule has 0 radical (unpaired) electrons. The summed E-state index contributed by atoms with van der Waals surface area (Å²) in [5, 5.41) is 5.66. The number of anilines is 1. The summed E-state index contributed by atoms with van der Waals surface area (Å²) in [6, 6.07) is 5.44. The first-order valence-electron chi connectivity index (χ1n) is 6.05. The van der Waals surface area contributed by atoms with Gasteiger partial charge in [-0.1, -0.05) is 6.92 Å². The van der Waals surface area contributed by atoms with Crippen molar-refractivity contribution in [3.63, 3.8) is 0 Å². The van der Waals surface area contributed by atoms with Gasteiger partial charge in [0.1, 0.15) is 0 Å². The van der Waals surface area contributed by atoms with Gasteiger partial charge in [-0.15, -0.1) is 11.8 Å². The summed E-state index contributed by atoms with van der Waals surface area (Å²) in [6.45, 7) is 2.67. The van der Waals surface area contributed by atoms with Gasteiger partial charge in [0.15, 0.2) is 0 Å². The predicted octanol–water partition coefficient (Wildman–Crippen LogP) is 2.26. The van der Waals surface area contributed by atoms with Gasteiger partial charge in [0, 0.05) is 29.2 Å². The molecular formula is C13H16N2O2S. The highest BCUT2D eigenvalue weighted by Gasteiger charge is 2.15. The van der Waals surface area contributed by atoms with Crippen LogP contribution in [0.1, 0.15) is 30.1 Å². The average Bonchev–Trinajstić information content (AvgIpc) is 2.55. The van der Waals surface area contributed by atoms with Crippen molar-refractivity contribution >= 4 is 29.3 Å². The standard InChI is InChI=1S/C13H16N2O2S/c1-2-6-14-13(17)9-3-4-11-10(8-9)15-12(16)5-7-18-11/h3-4,8H,2,5-7H2,1H3,(H,14,17)(H,15,16). The summed E-state index contributed by atoms with van der Waals surface area (Å²) in [6.07, 6.45) is 1.42. The summed E-state index contributed by atoms with van der Waals surface area (Å²) >= 11 is 1.64. The molecule has 0 aromatic heterocycles. The number of hydrogen-bond donors (Lipinski definition) is 2. The Morgan fingerprint density at radius 1 is 1.50 bits per heavy atom. The molecule has 1 aromatic carbocycles. The number of hydrogen-bond acceptors (Lipinski definition) is 3. The van der Waals surface area contributed by atoms with Crippen molar-refractivity contribution in [1.82, 2.24) is 5.32 Å². The highest BCUT2D eigenvalue weighted by molar-refractivity contribution is 7.99. The van der Waals surface area contributed by atoms with Crippen LogP contribution in [-0.2, 0) is 4.79 Å². The lowest BCUT2D eigenvalue weighted by molar-refractivity contribution is -0.115. The monoisotopic (exact) mass is 264 g/mol. The molecule has 0 spiro atoms. The van der Waals surface area contributed by atoms with Crippen LogP contribution in [-0.4, -0.2) is 24.1 Å². The third kappa shape index (κ3) is 3.04. The van der Waals surface area contributed by atoms with Crippen LogP contribution in [0.3, 0.4) is 0 Å². The number of carbonyl (C=O) groups is 2. The van der Waals surface area contributed by atoms with Gasteiger partial charge >= 0.3 is 0 Å². The SMILES string of the molecule is CCCNC(=O)c1ccc2c(c1)NC(=O)CCS2. The van der Waals surface area contributed by atoms with Gasteiger partial charge in [-0.3, -0.25) is 9.59 Å². The van der Waals surface area contributed by atoms with Crippen LogP contribution in [0, 0.1) is 0 Å². The Bertz CT molecular complexity index is 474. The summed E-state index contributed by atoms with van der Waals surface area (Å²) < 4.78 is 0. The molecule has 96 valence electrons. The lowest BCUT2D eigenvalue weighted by atomic mass is 10.2. The Kier molecular flexibility index (Phi) is 4.25. The van der Waals surface area contributed by atoms with Crippen molar-refractivity contribution in [2.45, 2.75) is 24.7 Å². The molecule has 1 aromatic rings. The molecule has 0 fully saturated rings. The van der Waals surface area contributed by atoms with Gasteiger partial charge in [0.25, 0.3) is 5.91 Å². The molecule has 1 heterocycles. The molecule has 0 atom stereocenters. The number of fused-ring (bicyclic) bond motifs is 1. The Hall–Kier alpha value is -1.49. The molecule has 18 heavy (non-hydrogen) atoms. The summed E-state index contributed by atoms with van der Waals surface area (Å²) in [5.41, 5.74) is 1.33. The van der Waals surface area contributed by atoms with E-state index in [2.05, 4.69) is 10.6 Å². The van der Waals surface area contributed by atoms with Crippen LogP contribution in [0.15, 0.2) is 23.1 Å². The third-order valence-corrected chi connectivity index (χ3v) is 3.71. The van der Waals surface area contributed by atoms with Crippen molar-refractivity contribution in [1.29, 1.82) is 0 Å². The molecule has 1 aliphatic heterocycles. The van der Waals surface area contributed by atoms with Gasteiger partial charge in [-0.05, 0) is 24.6 Å². The zero-order chi connectivity index (χ0) is 13.0. The van der Waals surface area contributed by atoms with E-state index in [0.29, 0.717) is 18.5 Å². The van der Waals surface area contributed by atoms with Crippen LogP contribution >= 0.6 is 11.8 Å². The van der Waals surface area contributed by atoms with E-state index >= 15 is 0 Å². The van der Waals surface area contributed by atoms with E-state index in [1.807, 2.05) is 13.0 Å². The van der Waals surface area contributed by atoms with E-state index in [1.165, 1.54) is 0 Å². The highest BCUT2D eigenvalue weighted by Crippen LogP contribution is 2.31. The van der Waals surface area contributed by atoms with Gasteiger partial charge in [-0.25, -0.2) is 0 Å². The minimum atomic E-state index is -0.0943. The third-order valence-electron chi connectivity index (χ3n) is 2.64. The molecule has 4 nitrogen and oxygen atoms in total. The van der Waals surface area contributed by atoms with Crippen molar-refractivity contribution < 1.29 is 9.59 Å².